The predicted octanol–water partition coefficient (Wildman–Crippen LogP) is 4.47. The van der Waals surface area contributed by atoms with Gasteiger partial charge in [0.15, 0.2) is 0 Å². The third-order valence-electron chi connectivity index (χ3n) is 4.07. The van der Waals surface area contributed by atoms with Crippen LogP contribution in [0.5, 0.6) is 0 Å². The Morgan fingerprint density at radius 1 is 0.933 bits per heavy atom. The van der Waals surface area contributed by atoms with Gasteiger partial charge in [-0.05, 0) is 35.5 Å². The Labute approximate surface area is 97.3 Å². The highest BCUT2D eigenvalue weighted by Gasteiger charge is 2.45. The fraction of sp³-hybridized carbons (Fsp3) is 0.867. The van der Waals surface area contributed by atoms with Crippen molar-refractivity contribution in [3.63, 3.8) is 0 Å². The van der Waals surface area contributed by atoms with Crippen molar-refractivity contribution in [3.05, 3.63) is 0 Å². The Morgan fingerprint density at radius 2 is 1.27 bits per heavy atom. The molecule has 0 spiro atoms. The van der Waals surface area contributed by atoms with Gasteiger partial charge >= 0.3 is 0 Å². The second-order valence-electron chi connectivity index (χ2n) is 7.21. The van der Waals surface area contributed by atoms with Gasteiger partial charge in [-0.1, -0.05) is 41.5 Å². The van der Waals surface area contributed by atoms with Gasteiger partial charge in [0.25, 0.3) is 0 Å². The van der Waals surface area contributed by atoms with Crippen LogP contribution in [-0.4, -0.2) is 0 Å². The molecule has 0 heteroatoms. The van der Waals surface area contributed by atoms with Gasteiger partial charge in [0.05, 0.1) is 0 Å². The van der Waals surface area contributed by atoms with Crippen LogP contribution in [0.2, 0.25) is 0 Å². The van der Waals surface area contributed by atoms with Gasteiger partial charge < -0.3 is 0 Å². The Kier molecular flexibility index (Phi) is 3.24. The molecule has 0 N–H and O–H groups in total. The van der Waals surface area contributed by atoms with Gasteiger partial charge in [0.2, 0.25) is 0 Å². The summed E-state index contributed by atoms with van der Waals surface area (Å²) in [6.45, 7) is 14.0. The molecule has 1 aliphatic rings. The molecule has 0 aromatic carbocycles. The highest BCUT2D eigenvalue weighted by molar-refractivity contribution is 5.08. The molecule has 0 bridgehead atoms. The van der Waals surface area contributed by atoms with Crippen LogP contribution < -0.4 is 0 Å². The van der Waals surface area contributed by atoms with E-state index in [1.807, 2.05) is 0 Å². The molecule has 0 aromatic heterocycles. The van der Waals surface area contributed by atoms with E-state index in [9.17, 15) is 0 Å². The van der Waals surface area contributed by atoms with E-state index in [1.54, 1.807) is 0 Å². The third-order valence-corrected chi connectivity index (χ3v) is 4.07. The molecular formula is C15H27. The van der Waals surface area contributed by atoms with E-state index in [0.29, 0.717) is 28.6 Å². The highest BCUT2D eigenvalue weighted by Crippen LogP contribution is 2.51. The quantitative estimate of drug-likeness (QED) is 0.514. The van der Waals surface area contributed by atoms with Gasteiger partial charge in [-0.15, -0.1) is 12.3 Å². The molecule has 15 heavy (non-hydrogen) atoms. The molecular weight excluding hydrogens is 180 g/mol. The molecule has 0 aromatic rings. The van der Waals surface area contributed by atoms with Crippen LogP contribution in [0.15, 0.2) is 0 Å². The molecule has 0 heterocycles. The van der Waals surface area contributed by atoms with Crippen molar-refractivity contribution >= 4 is 0 Å². The molecule has 0 aliphatic heterocycles. The summed E-state index contributed by atoms with van der Waals surface area (Å²) >= 11 is 0. The summed E-state index contributed by atoms with van der Waals surface area (Å²) in [7, 11) is 0. The zero-order valence-corrected chi connectivity index (χ0v) is 11.2. The zero-order valence-electron chi connectivity index (χ0n) is 12.2. The summed E-state index contributed by atoms with van der Waals surface area (Å²) in [6, 6.07) is 0. The van der Waals surface area contributed by atoms with Crippen molar-refractivity contribution < 1.29 is 1.43 Å². The smallest absolute Gasteiger partial charge is 0.0266 e. The zero-order chi connectivity index (χ0) is 11.9. The molecule has 2 unspecified atom stereocenters. The van der Waals surface area contributed by atoms with Crippen LogP contribution in [0, 0.1) is 40.9 Å². The van der Waals surface area contributed by atoms with E-state index >= 15 is 0 Å². The van der Waals surface area contributed by atoms with Crippen molar-refractivity contribution in [2.75, 3.05) is 0 Å². The molecule has 1 rings (SSSR count). The first kappa shape index (κ1) is 12.6. The van der Waals surface area contributed by atoms with Crippen molar-refractivity contribution in [1.29, 1.82) is 0 Å². The average molecular weight is 207 g/mol. The summed E-state index contributed by atoms with van der Waals surface area (Å²) in [6.07, 6.45) is 8.37. The lowest BCUT2D eigenvalue weighted by molar-refractivity contribution is 0.151. The van der Waals surface area contributed by atoms with Gasteiger partial charge in [0, 0.05) is 7.34 Å². The lowest BCUT2D eigenvalue weighted by Gasteiger charge is -2.36. The largest absolute Gasteiger partial charge is 0.120 e. The van der Waals surface area contributed by atoms with Crippen LogP contribution in [0.25, 0.3) is 0 Å². The molecule has 0 nitrogen and oxygen atoms in total. The molecule has 1 fully saturated rings. The SMILES string of the molecule is C#CC1C(C(C)(C)C)CCC1C(C)(C)C.[H]. The second-order valence-corrected chi connectivity index (χ2v) is 7.21. The summed E-state index contributed by atoms with van der Waals surface area (Å²) in [5.74, 6) is 4.96. The number of terminal acetylenes is 1. The summed E-state index contributed by atoms with van der Waals surface area (Å²) < 4.78 is 0. The number of hydrogen-bond donors (Lipinski definition) is 0. The fourth-order valence-electron chi connectivity index (χ4n) is 3.17. The Bertz CT molecular complexity index is 237. The van der Waals surface area contributed by atoms with E-state index in [4.69, 9.17) is 6.42 Å². The molecule has 0 amide bonds. The first-order chi connectivity index (χ1) is 6.68. The van der Waals surface area contributed by atoms with Gasteiger partial charge in [-0.25, -0.2) is 0 Å². The molecule has 87 valence electrons. The molecule has 1 radical (unpaired) electrons. The third kappa shape index (κ3) is 2.57. The summed E-state index contributed by atoms with van der Waals surface area (Å²) in [5.41, 5.74) is 0.716. The van der Waals surface area contributed by atoms with Crippen molar-refractivity contribution in [2.24, 2.45) is 28.6 Å². The van der Waals surface area contributed by atoms with Crippen LogP contribution in [0.4, 0.5) is 0 Å². The minimum Gasteiger partial charge on any atom is -0.120 e. The van der Waals surface area contributed by atoms with Crippen molar-refractivity contribution in [3.8, 4) is 12.3 Å². The first-order valence-electron chi connectivity index (χ1n) is 6.14. The van der Waals surface area contributed by atoms with Crippen LogP contribution in [0.3, 0.4) is 0 Å². The Balaban J connectivity index is 0.00000225. The van der Waals surface area contributed by atoms with E-state index in [2.05, 4.69) is 47.5 Å². The minimum atomic E-state index is 0. The van der Waals surface area contributed by atoms with E-state index in [-0.39, 0.29) is 1.43 Å². The Hall–Kier alpha value is -0.440. The second kappa shape index (κ2) is 3.85. The lowest BCUT2D eigenvalue weighted by Crippen LogP contribution is -2.30. The number of hydrogen-bond acceptors (Lipinski definition) is 0. The van der Waals surface area contributed by atoms with Gasteiger partial charge in [0.1, 0.15) is 0 Å². The maximum Gasteiger partial charge on any atom is 0.0266 e. The van der Waals surface area contributed by atoms with Gasteiger partial charge in [-0.3, -0.25) is 0 Å². The van der Waals surface area contributed by atoms with Crippen LogP contribution in [-0.2, 0) is 0 Å². The molecule has 0 saturated heterocycles. The maximum absolute atomic E-state index is 5.76. The maximum atomic E-state index is 5.76. The van der Waals surface area contributed by atoms with Crippen molar-refractivity contribution in [2.45, 2.75) is 54.4 Å². The van der Waals surface area contributed by atoms with Crippen LogP contribution >= 0.6 is 0 Å². The highest BCUT2D eigenvalue weighted by atomic mass is 14.5. The lowest BCUT2D eigenvalue weighted by atomic mass is 9.68. The molecule has 1 saturated carbocycles. The summed E-state index contributed by atoms with van der Waals surface area (Å²) in [4.78, 5) is 0. The topological polar surface area (TPSA) is 0 Å². The molecule has 1 aliphatic carbocycles. The average Bonchev–Trinajstić information content (AvgIpc) is 2.43. The minimum absolute atomic E-state index is 0. The predicted molar refractivity (Wildman–Crippen MR) is 68.6 cm³/mol. The van der Waals surface area contributed by atoms with Crippen LogP contribution in [0.1, 0.15) is 55.8 Å². The van der Waals surface area contributed by atoms with E-state index in [0.717, 1.165) is 0 Å². The normalized spacial score (nSPS) is 32.7. The fourth-order valence-corrected chi connectivity index (χ4v) is 3.17. The first-order valence-corrected chi connectivity index (χ1v) is 6.14. The van der Waals surface area contributed by atoms with Crippen molar-refractivity contribution in [1.82, 2.24) is 0 Å². The van der Waals surface area contributed by atoms with E-state index in [1.165, 1.54) is 12.8 Å². The molecule has 2 atom stereocenters. The van der Waals surface area contributed by atoms with Gasteiger partial charge in [-0.2, -0.15) is 0 Å². The monoisotopic (exact) mass is 207 g/mol. The Morgan fingerprint density at radius 3 is 1.47 bits per heavy atom. The standard InChI is InChI=1S/C15H26.H/c1-8-11-12(14(2,3)4)9-10-13(11)15(5,6)7;/h1,11-13H,9-10H2,2-7H3;. The number of rotatable bonds is 0. The van der Waals surface area contributed by atoms with E-state index < -0.39 is 0 Å². The summed E-state index contributed by atoms with van der Waals surface area (Å²) in [5, 5.41) is 0.